The minimum absolute atomic E-state index is 0.116. The maximum atomic E-state index is 11.2. The van der Waals surface area contributed by atoms with E-state index in [9.17, 15) is 9.90 Å². The van der Waals surface area contributed by atoms with Crippen LogP contribution in [-0.2, 0) is 4.74 Å². The summed E-state index contributed by atoms with van der Waals surface area (Å²) < 4.78 is 5.03. The second-order valence-electron chi connectivity index (χ2n) is 4.40. The van der Waals surface area contributed by atoms with E-state index >= 15 is 0 Å². The predicted molar refractivity (Wildman–Crippen MR) is 48.4 cm³/mol. The van der Waals surface area contributed by atoms with Gasteiger partial charge < -0.3 is 15.2 Å². The van der Waals surface area contributed by atoms with E-state index in [1.54, 1.807) is 0 Å². The van der Waals surface area contributed by atoms with E-state index in [-0.39, 0.29) is 6.04 Å². The minimum atomic E-state index is -0.473. The largest absolute Gasteiger partial charge is 0.444 e. The van der Waals surface area contributed by atoms with Crippen LogP contribution in [0, 0.1) is 0 Å². The molecule has 2 atom stereocenters. The Bertz CT molecular complexity index is 198. The molecule has 0 bridgehead atoms. The summed E-state index contributed by atoms with van der Waals surface area (Å²) in [5.74, 6) is 0. The quantitative estimate of drug-likeness (QED) is 0.644. The fourth-order valence-corrected chi connectivity index (χ4v) is 1.11. The van der Waals surface area contributed by atoms with Gasteiger partial charge in [-0.2, -0.15) is 0 Å². The molecule has 0 aromatic rings. The lowest BCUT2D eigenvalue weighted by atomic mass is 9.89. The fourth-order valence-electron chi connectivity index (χ4n) is 1.11. The number of hydrogen-bond acceptors (Lipinski definition) is 3. The van der Waals surface area contributed by atoms with Crippen molar-refractivity contribution in [3.8, 4) is 0 Å². The lowest BCUT2D eigenvalue weighted by molar-refractivity contribution is 0.0209. The van der Waals surface area contributed by atoms with E-state index in [1.807, 2.05) is 20.8 Å². The molecule has 1 aliphatic rings. The number of alkyl carbamates (subject to hydrolysis) is 1. The smallest absolute Gasteiger partial charge is 0.407 e. The first kappa shape index (κ1) is 10.3. The fraction of sp³-hybridized carbons (Fsp3) is 0.889. The zero-order valence-corrected chi connectivity index (χ0v) is 8.33. The van der Waals surface area contributed by atoms with Gasteiger partial charge in [0.2, 0.25) is 0 Å². The Morgan fingerprint density at radius 1 is 1.46 bits per heavy atom. The summed E-state index contributed by atoms with van der Waals surface area (Å²) in [6, 6.07) is -0.116. The zero-order valence-electron chi connectivity index (χ0n) is 8.33. The van der Waals surface area contributed by atoms with Crippen LogP contribution >= 0.6 is 0 Å². The van der Waals surface area contributed by atoms with Crippen molar-refractivity contribution in [3.05, 3.63) is 0 Å². The van der Waals surface area contributed by atoms with Crippen molar-refractivity contribution in [3.63, 3.8) is 0 Å². The van der Waals surface area contributed by atoms with Gasteiger partial charge in [0.25, 0.3) is 0 Å². The Morgan fingerprint density at radius 3 is 2.38 bits per heavy atom. The molecule has 4 nitrogen and oxygen atoms in total. The van der Waals surface area contributed by atoms with Gasteiger partial charge in [0.15, 0.2) is 0 Å². The van der Waals surface area contributed by atoms with Gasteiger partial charge in [-0.3, -0.25) is 0 Å². The van der Waals surface area contributed by atoms with Crippen LogP contribution in [-0.4, -0.2) is 28.9 Å². The van der Waals surface area contributed by atoms with Gasteiger partial charge in [0.05, 0.1) is 12.1 Å². The van der Waals surface area contributed by atoms with Crippen molar-refractivity contribution < 1.29 is 14.6 Å². The Hall–Kier alpha value is -0.770. The second kappa shape index (κ2) is 3.54. The standard InChI is InChI=1S/C9H17NO3/c1-9(2,3)13-8(12)10-6-4-5-7(6)11/h6-7,11H,4-5H2,1-3H3,(H,10,12). The number of amides is 1. The minimum Gasteiger partial charge on any atom is -0.444 e. The highest BCUT2D eigenvalue weighted by Crippen LogP contribution is 2.19. The molecule has 2 N–H and O–H groups in total. The molecule has 1 saturated carbocycles. The van der Waals surface area contributed by atoms with Crippen molar-refractivity contribution in [1.29, 1.82) is 0 Å². The first-order chi connectivity index (χ1) is 5.88. The van der Waals surface area contributed by atoms with Crippen molar-refractivity contribution in [2.75, 3.05) is 0 Å². The summed E-state index contributed by atoms with van der Waals surface area (Å²) in [5, 5.41) is 11.8. The maximum absolute atomic E-state index is 11.2. The number of carbonyl (C=O) groups is 1. The maximum Gasteiger partial charge on any atom is 0.407 e. The van der Waals surface area contributed by atoms with Crippen LogP contribution in [0.25, 0.3) is 0 Å². The summed E-state index contributed by atoms with van der Waals surface area (Å²) >= 11 is 0. The Morgan fingerprint density at radius 2 is 2.08 bits per heavy atom. The predicted octanol–water partition coefficient (Wildman–Crippen LogP) is 1.03. The Kier molecular flexibility index (Phi) is 2.81. The number of aliphatic hydroxyl groups excluding tert-OH is 1. The molecule has 1 rings (SSSR count). The Balaban J connectivity index is 2.25. The molecular formula is C9H17NO3. The molecule has 76 valence electrons. The Labute approximate surface area is 78.3 Å². The number of carbonyl (C=O) groups excluding carboxylic acids is 1. The lowest BCUT2D eigenvalue weighted by Gasteiger charge is -2.33. The van der Waals surface area contributed by atoms with Gasteiger partial charge in [-0.25, -0.2) is 4.79 Å². The summed E-state index contributed by atoms with van der Waals surface area (Å²) in [6.07, 6.45) is 0.754. The van der Waals surface area contributed by atoms with Crippen LogP contribution in [0.5, 0.6) is 0 Å². The second-order valence-corrected chi connectivity index (χ2v) is 4.40. The summed E-state index contributed by atoms with van der Waals surface area (Å²) in [5.41, 5.74) is -0.473. The van der Waals surface area contributed by atoms with Crippen molar-refractivity contribution in [2.45, 2.75) is 51.4 Å². The SMILES string of the molecule is CC(C)(C)OC(=O)NC1CCC1O. The molecule has 0 aromatic heterocycles. The normalized spacial score (nSPS) is 27.7. The van der Waals surface area contributed by atoms with Crippen molar-refractivity contribution in [2.24, 2.45) is 0 Å². The molecule has 13 heavy (non-hydrogen) atoms. The molecule has 1 aliphatic carbocycles. The average molecular weight is 187 g/mol. The van der Waals surface area contributed by atoms with E-state index in [1.165, 1.54) is 0 Å². The number of nitrogens with one attached hydrogen (secondary N) is 1. The zero-order chi connectivity index (χ0) is 10.1. The van der Waals surface area contributed by atoms with Gasteiger partial charge in [-0.15, -0.1) is 0 Å². The lowest BCUT2D eigenvalue weighted by Crippen LogP contribution is -2.51. The van der Waals surface area contributed by atoms with E-state index < -0.39 is 17.8 Å². The molecule has 0 radical (unpaired) electrons. The number of aliphatic hydroxyl groups is 1. The molecule has 1 fully saturated rings. The molecule has 0 aliphatic heterocycles. The van der Waals surface area contributed by atoms with Gasteiger partial charge in [0.1, 0.15) is 5.60 Å². The molecule has 0 aromatic carbocycles. The van der Waals surface area contributed by atoms with Gasteiger partial charge >= 0.3 is 6.09 Å². The summed E-state index contributed by atoms with van der Waals surface area (Å²) in [6.45, 7) is 5.43. The highest BCUT2D eigenvalue weighted by atomic mass is 16.6. The van der Waals surface area contributed by atoms with Crippen LogP contribution in [0.4, 0.5) is 4.79 Å². The molecule has 0 saturated heterocycles. The van der Waals surface area contributed by atoms with Crippen LogP contribution < -0.4 is 5.32 Å². The molecule has 2 unspecified atom stereocenters. The third kappa shape index (κ3) is 3.22. The van der Waals surface area contributed by atoms with Gasteiger partial charge in [-0.1, -0.05) is 0 Å². The monoisotopic (exact) mass is 187 g/mol. The topological polar surface area (TPSA) is 58.6 Å². The van der Waals surface area contributed by atoms with E-state index in [0.29, 0.717) is 0 Å². The molecule has 0 spiro atoms. The number of hydrogen-bond donors (Lipinski definition) is 2. The average Bonchev–Trinajstić information content (AvgIpc) is 1.94. The molecule has 4 heteroatoms. The van der Waals surface area contributed by atoms with Gasteiger partial charge in [-0.05, 0) is 33.6 Å². The van der Waals surface area contributed by atoms with Crippen LogP contribution in [0.15, 0.2) is 0 Å². The van der Waals surface area contributed by atoms with Crippen LogP contribution in [0.1, 0.15) is 33.6 Å². The first-order valence-electron chi connectivity index (χ1n) is 4.56. The molecule has 0 heterocycles. The van der Waals surface area contributed by atoms with Crippen LogP contribution in [0.2, 0.25) is 0 Å². The number of ether oxygens (including phenoxy) is 1. The van der Waals surface area contributed by atoms with E-state index in [2.05, 4.69) is 5.32 Å². The number of rotatable bonds is 1. The van der Waals surface area contributed by atoms with Crippen molar-refractivity contribution >= 4 is 6.09 Å². The van der Waals surface area contributed by atoms with E-state index in [0.717, 1.165) is 12.8 Å². The van der Waals surface area contributed by atoms with E-state index in [4.69, 9.17) is 4.74 Å². The van der Waals surface area contributed by atoms with Gasteiger partial charge in [0, 0.05) is 0 Å². The van der Waals surface area contributed by atoms with Crippen LogP contribution in [0.3, 0.4) is 0 Å². The first-order valence-corrected chi connectivity index (χ1v) is 4.56. The molecule has 1 amide bonds. The third-order valence-corrected chi connectivity index (χ3v) is 1.94. The molecular weight excluding hydrogens is 170 g/mol. The highest BCUT2D eigenvalue weighted by molar-refractivity contribution is 5.68. The highest BCUT2D eigenvalue weighted by Gasteiger charge is 2.31. The van der Waals surface area contributed by atoms with Crippen molar-refractivity contribution in [1.82, 2.24) is 5.32 Å². The summed E-state index contributed by atoms with van der Waals surface area (Å²) in [7, 11) is 0. The third-order valence-electron chi connectivity index (χ3n) is 1.94. The summed E-state index contributed by atoms with van der Waals surface area (Å²) in [4.78, 5) is 11.2.